The lowest BCUT2D eigenvalue weighted by atomic mass is 10.1. The molecule has 1 aromatic carbocycles. The summed E-state index contributed by atoms with van der Waals surface area (Å²) in [4.78, 5) is 21.7. The lowest BCUT2D eigenvalue weighted by molar-refractivity contribution is 0.0996. The second-order valence-electron chi connectivity index (χ2n) is 5.13. The van der Waals surface area contributed by atoms with Crippen molar-refractivity contribution in [3.05, 3.63) is 60.4 Å². The maximum Gasteiger partial charge on any atom is 0.293 e. The van der Waals surface area contributed by atoms with Crippen molar-refractivity contribution < 1.29 is 13.7 Å². The molecule has 25 heavy (non-hydrogen) atoms. The summed E-state index contributed by atoms with van der Waals surface area (Å²) in [6.07, 6.45) is 1.44. The molecule has 0 atom stereocenters. The number of benzene rings is 1. The van der Waals surface area contributed by atoms with Crippen LogP contribution < -0.4 is 5.32 Å². The third kappa shape index (κ3) is 3.07. The molecular weight excluding hydrogens is 340 g/mol. The third-order valence-electron chi connectivity index (χ3n) is 3.37. The van der Waals surface area contributed by atoms with Crippen molar-refractivity contribution in [1.29, 1.82) is 0 Å². The third-order valence-corrected chi connectivity index (χ3v) is 4.34. The fourth-order valence-corrected chi connectivity index (χ4v) is 3.18. The van der Waals surface area contributed by atoms with Crippen LogP contribution >= 0.6 is 11.3 Å². The van der Waals surface area contributed by atoms with Gasteiger partial charge in [0, 0.05) is 12.5 Å². The van der Waals surface area contributed by atoms with Crippen LogP contribution in [0, 0.1) is 6.92 Å². The van der Waals surface area contributed by atoms with Gasteiger partial charge >= 0.3 is 0 Å². The second kappa shape index (κ2) is 6.33. The van der Waals surface area contributed by atoms with Crippen molar-refractivity contribution in [3.63, 3.8) is 0 Å². The molecule has 0 saturated carbocycles. The molecule has 3 heterocycles. The number of furan rings is 1. The van der Waals surface area contributed by atoms with E-state index in [0.717, 1.165) is 10.4 Å². The van der Waals surface area contributed by atoms with Crippen LogP contribution in [0.25, 0.3) is 22.0 Å². The molecule has 0 radical (unpaired) electrons. The Balaban J connectivity index is 1.74. The summed E-state index contributed by atoms with van der Waals surface area (Å²) in [6.45, 7) is 1.72. The molecule has 0 bridgehead atoms. The van der Waals surface area contributed by atoms with Gasteiger partial charge in [0.15, 0.2) is 10.9 Å². The molecule has 3 aromatic heterocycles. The first kappa shape index (κ1) is 15.3. The van der Waals surface area contributed by atoms with Gasteiger partial charge in [-0.05, 0) is 12.1 Å². The predicted molar refractivity (Wildman–Crippen MR) is 92.2 cm³/mol. The fraction of sp³-hybridized carbons (Fsp3) is 0.0588. The molecule has 0 aliphatic heterocycles. The van der Waals surface area contributed by atoms with E-state index in [1.54, 1.807) is 19.1 Å². The molecule has 0 fully saturated rings. The van der Waals surface area contributed by atoms with Gasteiger partial charge in [-0.25, -0.2) is 4.98 Å². The SMILES string of the molecule is Cc1nc(-c2sc(NC(=O)c3ccco3)nc2-c2ccccc2)no1. The summed E-state index contributed by atoms with van der Waals surface area (Å²) in [5.41, 5.74) is 1.58. The monoisotopic (exact) mass is 352 g/mol. The maximum atomic E-state index is 12.2. The summed E-state index contributed by atoms with van der Waals surface area (Å²) in [6, 6.07) is 12.9. The van der Waals surface area contributed by atoms with Crippen LogP contribution in [-0.4, -0.2) is 21.0 Å². The van der Waals surface area contributed by atoms with Gasteiger partial charge in [0.25, 0.3) is 5.91 Å². The van der Waals surface area contributed by atoms with E-state index < -0.39 is 0 Å². The Morgan fingerprint density at radius 3 is 2.64 bits per heavy atom. The van der Waals surface area contributed by atoms with Gasteiger partial charge in [-0.3, -0.25) is 10.1 Å². The number of aryl methyl sites for hydroxylation is 1. The summed E-state index contributed by atoms with van der Waals surface area (Å²) >= 11 is 1.28. The van der Waals surface area contributed by atoms with Gasteiger partial charge in [-0.15, -0.1) is 0 Å². The van der Waals surface area contributed by atoms with E-state index in [1.165, 1.54) is 17.6 Å². The maximum absolute atomic E-state index is 12.2. The molecule has 0 spiro atoms. The molecule has 4 aromatic rings. The quantitative estimate of drug-likeness (QED) is 0.596. The average molecular weight is 352 g/mol. The molecule has 8 heteroatoms. The molecule has 124 valence electrons. The smallest absolute Gasteiger partial charge is 0.293 e. The Kier molecular flexibility index (Phi) is 3.87. The Labute approximate surface area is 146 Å². The summed E-state index contributed by atoms with van der Waals surface area (Å²) in [5.74, 6) is 0.749. The van der Waals surface area contributed by atoms with Crippen molar-refractivity contribution in [1.82, 2.24) is 15.1 Å². The Bertz CT molecular complexity index is 1010. The number of nitrogens with one attached hydrogen (secondary N) is 1. The first-order valence-electron chi connectivity index (χ1n) is 7.42. The van der Waals surface area contributed by atoms with Crippen molar-refractivity contribution in [2.24, 2.45) is 0 Å². The number of carbonyl (C=O) groups excluding carboxylic acids is 1. The van der Waals surface area contributed by atoms with Gasteiger partial charge in [0.1, 0.15) is 4.88 Å². The van der Waals surface area contributed by atoms with Crippen LogP contribution in [0.4, 0.5) is 5.13 Å². The Morgan fingerprint density at radius 2 is 1.96 bits per heavy atom. The Hall–Kier alpha value is -3.26. The number of amides is 1. The first-order chi connectivity index (χ1) is 12.2. The van der Waals surface area contributed by atoms with Crippen molar-refractivity contribution in [2.75, 3.05) is 5.32 Å². The molecule has 0 aliphatic carbocycles. The number of hydrogen-bond donors (Lipinski definition) is 1. The fourth-order valence-electron chi connectivity index (χ4n) is 2.27. The number of thiazole rings is 1. The summed E-state index contributed by atoms with van der Waals surface area (Å²) in [5, 5.41) is 7.14. The molecule has 0 saturated heterocycles. The number of aromatic nitrogens is 3. The van der Waals surface area contributed by atoms with E-state index in [-0.39, 0.29) is 11.7 Å². The average Bonchev–Trinajstić information content (AvgIpc) is 3.35. The minimum Gasteiger partial charge on any atom is -0.459 e. The Morgan fingerprint density at radius 1 is 1.12 bits per heavy atom. The van der Waals surface area contributed by atoms with E-state index >= 15 is 0 Å². The molecular formula is C17H12N4O3S. The minimum absolute atomic E-state index is 0.216. The molecule has 0 unspecified atom stereocenters. The largest absolute Gasteiger partial charge is 0.459 e. The highest BCUT2D eigenvalue weighted by Gasteiger charge is 2.20. The minimum atomic E-state index is -0.366. The zero-order valence-corrected chi connectivity index (χ0v) is 13.9. The predicted octanol–water partition coefficient (Wildman–Crippen LogP) is 4.01. The van der Waals surface area contributed by atoms with E-state index in [4.69, 9.17) is 8.94 Å². The number of hydrogen-bond acceptors (Lipinski definition) is 7. The molecule has 0 aliphatic rings. The van der Waals surface area contributed by atoms with E-state index in [0.29, 0.717) is 22.5 Å². The van der Waals surface area contributed by atoms with Crippen molar-refractivity contribution >= 4 is 22.4 Å². The van der Waals surface area contributed by atoms with Gasteiger partial charge in [-0.2, -0.15) is 4.98 Å². The normalized spacial score (nSPS) is 10.8. The summed E-state index contributed by atoms with van der Waals surface area (Å²) < 4.78 is 10.2. The van der Waals surface area contributed by atoms with Gasteiger partial charge in [0.05, 0.1) is 12.0 Å². The number of rotatable bonds is 4. The highest BCUT2D eigenvalue weighted by Crippen LogP contribution is 2.37. The van der Waals surface area contributed by atoms with Gasteiger partial charge in [0.2, 0.25) is 11.7 Å². The van der Waals surface area contributed by atoms with Crippen LogP contribution in [0.15, 0.2) is 57.7 Å². The van der Waals surface area contributed by atoms with E-state index in [2.05, 4.69) is 20.4 Å². The zero-order valence-electron chi connectivity index (χ0n) is 13.1. The van der Waals surface area contributed by atoms with E-state index in [9.17, 15) is 4.79 Å². The lowest BCUT2D eigenvalue weighted by Gasteiger charge is -1.98. The first-order valence-corrected chi connectivity index (χ1v) is 8.24. The van der Waals surface area contributed by atoms with Crippen LogP contribution in [-0.2, 0) is 0 Å². The molecule has 7 nitrogen and oxygen atoms in total. The standard InChI is InChI=1S/C17H12N4O3S/c1-10-18-15(21-24-10)14-13(11-6-3-2-4-7-11)19-17(25-14)20-16(22)12-8-5-9-23-12/h2-9H,1H3,(H,19,20,22). The topological polar surface area (TPSA) is 94.1 Å². The van der Waals surface area contributed by atoms with Gasteiger partial charge in [-0.1, -0.05) is 46.8 Å². The second-order valence-corrected chi connectivity index (χ2v) is 6.13. The van der Waals surface area contributed by atoms with Crippen molar-refractivity contribution in [3.8, 4) is 22.0 Å². The zero-order chi connectivity index (χ0) is 17.2. The van der Waals surface area contributed by atoms with E-state index in [1.807, 2.05) is 30.3 Å². The number of anilines is 1. The summed E-state index contributed by atoms with van der Waals surface area (Å²) in [7, 11) is 0. The highest BCUT2D eigenvalue weighted by molar-refractivity contribution is 7.19. The van der Waals surface area contributed by atoms with Gasteiger partial charge < -0.3 is 8.94 Å². The number of carbonyl (C=O) groups is 1. The molecule has 4 rings (SSSR count). The van der Waals surface area contributed by atoms with Crippen LogP contribution in [0.3, 0.4) is 0 Å². The molecule has 1 N–H and O–H groups in total. The van der Waals surface area contributed by atoms with Crippen LogP contribution in [0.1, 0.15) is 16.4 Å². The molecule has 1 amide bonds. The highest BCUT2D eigenvalue weighted by atomic mass is 32.1. The lowest BCUT2D eigenvalue weighted by Crippen LogP contribution is -2.10. The van der Waals surface area contributed by atoms with Crippen LogP contribution in [0.2, 0.25) is 0 Å². The van der Waals surface area contributed by atoms with Crippen LogP contribution in [0.5, 0.6) is 0 Å². The van der Waals surface area contributed by atoms with Crippen molar-refractivity contribution in [2.45, 2.75) is 6.92 Å². The number of nitrogens with zero attached hydrogens (tertiary/aromatic N) is 3.